The second-order valence-electron chi connectivity index (χ2n) is 5.76. The number of nitrogens with one attached hydrogen (secondary N) is 1. The lowest BCUT2D eigenvalue weighted by Gasteiger charge is -2.28. The molecular weight excluding hydrogens is 368 g/mol. The number of halogens is 6. The van der Waals surface area contributed by atoms with Crippen LogP contribution in [0.15, 0.2) is 30.4 Å². The minimum absolute atomic E-state index is 0.0171. The summed E-state index contributed by atoms with van der Waals surface area (Å²) in [7, 11) is 0. The highest BCUT2D eigenvalue weighted by atomic mass is 19.4. The number of carbonyl (C=O) groups is 2. The maximum Gasteiger partial charge on any atom is 0.416 e. The fourth-order valence-corrected chi connectivity index (χ4v) is 2.63. The van der Waals surface area contributed by atoms with Gasteiger partial charge in [-0.2, -0.15) is 26.3 Å². The van der Waals surface area contributed by atoms with Crippen molar-refractivity contribution in [1.82, 2.24) is 0 Å². The van der Waals surface area contributed by atoms with Crippen LogP contribution in [-0.4, -0.2) is 11.9 Å². The van der Waals surface area contributed by atoms with Gasteiger partial charge in [0, 0.05) is 17.6 Å². The standard InChI is InChI=1S/C16H13F6NO3/c17-15(18,19)8-5-9(16(20,21)22)7-10(6-8)23-13(24)11-3-1-2-4-12(11)14(25)26/h1-2,5-7,11-12H,3-4H2,(H,23,24)(H,25,26)/p-1/t11-,12+/m1/s1. The summed E-state index contributed by atoms with van der Waals surface area (Å²) in [4.78, 5) is 23.3. The average molecular weight is 380 g/mol. The number of allylic oxidation sites excluding steroid dienone is 2. The number of rotatable bonds is 3. The second kappa shape index (κ2) is 7.00. The van der Waals surface area contributed by atoms with E-state index in [4.69, 9.17) is 0 Å². The highest BCUT2D eigenvalue weighted by Crippen LogP contribution is 2.38. The summed E-state index contributed by atoms with van der Waals surface area (Å²) >= 11 is 0. The third kappa shape index (κ3) is 4.55. The molecule has 26 heavy (non-hydrogen) atoms. The van der Waals surface area contributed by atoms with Crippen molar-refractivity contribution in [3.8, 4) is 0 Å². The van der Waals surface area contributed by atoms with Gasteiger partial charge >= 0.3 is 12.4 Å². The molecule has 0 unspecified atom stereocenters. The first-order valence-electron chi connectivity index (χ1n) is 7.36. The molecule has 1 N–H and O–H groups in total. The predicted molar refractivity (Wildman–Crippen MR) is 75.4 cm³/mol. The van der Waals surface area contributed by atoms with Crippen molar-refractivity contribution in [3.05, 3.63) is 41.5 Å². The number of alkyl halides is 6. The molecule has 2 atom stereocenters. The molecular formula is C16H12F6NO3-. The largest absolute Gasteiger partial charge is 0.550 e. The lowest BCUT2D eigenvalue weighted by atomic mass is 9.82. The molecule has 0 radical (unpaired) electrons. The Morgan fingerprint density at radius 1 is 0.885 bits per heavy atom. The SMILES string of the molecule is O=C([O-])[C@H]1CC=CC[C@H]1C(=O)Nc1cc(C(F)(F)F)cc(C(F)(F)F)c1. The monoisotopic (exact) mass is 380 g/mol. The molecule has 0 aliphatic heterocycles. The predicted octanol–water partition coefficient (Wildman–Crippen LogP) is 3.00. The Bertz CT molecular complexity index is 706. The molecule has 0 spiro atoms. The Kier molecular flexibility index (Phi) is 5.33. The smallest absolute Gasteiger partial charge is 0.416 e. The van der Waals surface area contributed by atoms with E-state index in [2.05, 4.69) is 0 Å². The van der Waals surface area contributed by atoms with E-state index >= 15 is 0 Å². The van der Waals surface area contributed by atoms with Gasteiger partial charge in [0.15, 0.2) is 0 Å². The molecule has 0 aromatic heterocycles. The molecule has 2 rings (SSSR count). The van der Waals surface area contributed by atoms with Crippen LogP contribution in [0.1, 0.15) is 24.0 Å². The maximum atomic E-state index is 12.8. The Morgan fingerprint density at radius 2 is 1.35 bits per heavy atom. The van der Waals surface area contributed by atoms with Gasteiger partial charge in [0.1, 0.15) is 0 Å². The number of hydrogen-bond donors (Lipinski definition) is 1. The van der Waals surface area contributed by atoms with Crippen LogP contribution < -0.4 is 10.4 Å². The van der Waals surface area contributed by atoms with E-state index in [1.165, 1.54) is 12.2 Å². The number of aliphatic carboxylic acids is 1. The minimum atomic E-state index is -5.05. The number of anilines is 1. The zero-order valence-electron chi connectivity index (χ0n) is 12.9. The van der Waals surface area contributed by atoms with E-state index in [1.807, 2.05) is 5.32 Å². The molecule has 0 bridgehead atoms. The third-order valence-corrected chi connectivity index (χ3v) is 3.93. The first kappa shape index (κ1) is 19.8. The molecule has 1 aromatic carbocycles. The van der Waals surface area contributed by atoms with Gasteiger partial charge in [-0.1, -0.05) is 12.2 Å². The number of hydrogen-bond acceptors (Lipinski definition) is 3. The van der Waals surface area contributed by atoms with Gasteiger partial charge < -0.3 is 15.2 Å². The van der Waals surface area contributed by atoms with Crippen molar-refractivity contribution in [2.75, 3.05) is 5.32 Å². The van der Waals surface area contributed by atoms with Gasteiger partial charge in [0.25, 0.3) is 0 Å². The number of carboxylic acid groups (broad SMARTS) is 1. The van der Waals surface area contributed by atoms with Crippen molar-refractivity contribution in [2.45, 2.75) is 25.2 Å². The summed E-state index contributed by atoms with van der Waals surface area (Å²) in [5.74, 6) is -4.88. The molecule has 1 aliphatic carbocycles. The maximum absolute atomic E-state index is 12.8. The van der Waals surface area contributed by atoms with Crippen LogP contribution in [0, 0.1) is 11.8 Å². The van der Waals surface area contributed by atoms with Gasteiger partial charge in [-0.15, -0.1) is 0 Å². The molecule has 1 aromatic rings. The zero-order valence-corrected chi connectivity index (χ0v) is 12.9. The fourth-order valence-electron chi connectivity index (χ4n) is 2.63. The second-order valence-corrected chi connectivity index (χ2v) is 5.76. The van der Waals surface area contributed by atoms with Gasteiger partial charge in [0.2, 0.25) is 5.91 Å². The van der Waals surface area contributed by atoms with Crippen LogP contribution in [0.4, 0.5) is 32.0 Å². The van der Waals surface area contributed by atoms with Gasteiger partial charge in [0.05, 0.1) is 17.0 Å². The van der Waals surface area contributed by atoms with E-state index in [0.29, 0.717) is 12.1 Å². The average Bonchev–Trinajstić information content (AvgIpc) is 2.52. The van der Waals surface area contributed by atoms with Crippen molar-refractivity contribution in [2.24, 2.45) is 11.8 Å². The van der Waals surface area contributed by atoms with Crippen LogP contribution in [-0.2, 0) is 21.9 Å². The molecule has 4 nitrogen and oxygen atoms in total. The van der Waals surface area contributed by atoms with Crippen LogP contribution in [0.3, 0.4) is 0 Å². The number of carbonyl (C=O) groups excluding carboxylic acids is 2. The summed E-state index contributed by atoms with van der Waals surface area (Å²) in [6, 6.07) is 0.655. The molecule has 0 saturated heterocycles. The van der Waals surface area contributed by atoms with Gasteiger partial charge in [-0.25, -0.2) is 0 Å². The summed E-state index contributed by atoms with van der Waals surface area (Å²) in [6.07, 6.45) is -7.12. The minimum Gasteiger partial charge on any atom is -0.550 e. The first-order valence-corrected chi connectivity index (χ1v) is 7.36. The Hall–Kier alpha value is -2.52. The highest BCUT2D eigenvalue weighted by molar-refractivity contribution is 5.95. The molecule has 0 heterocycles. The van der Waals surface area contributed by atoms with Gasteiger partial charge in [-0.05, 0) is 31.0 Å². The summed E-state index contributed by atoms with van der Waals surface area (Å²) < 4.78 is 76.9. The number of benzene rings is 1. The molecule has 142 valence electrons. The van der Waals surface area contributed by atoms with Crippen molar-refractivity contribution < 1.29 is 41.0 Å². The Balaban J connectivity index is 2.34. The molecule has 1 aliphatic rings. The third-order valence-electron chi connectivity index (χ3n) is 3.93. The van der Waals surface area contributed by atoms with Crippen molar-refractivity contribution in [3.63, 3.8) is 0 Å². The van der Waals surface area contributed by atoms with E-state index < -0.39 is 52.9 Å². The zero-order chi connectivity index (χ0) is 19.7. The lowest BCUT2D eigenvalue weighted by molar-refractivity contribution is -0.313. The van der Waals surface area contributed by atoms with Crippen LogP contribution in [0.5, 0.6) is 0 Å². The van der Waals surface area contributed by atoms with E-state index in [-0.39, 0.29) is 18.9 Å². The number of amides is 1. The first-order chi connectivity index (χ1) is 11.9. The quantitative estimate of drug-likeness (QED) is 0.648. The molecule has 0 fully saturated rings. The summed E-state index contributed by atoms with van der Waals surface area (Å²) in [6.45, 7) is 0. The van der Waals surface area contributed by atoms with E-state index in [0.717, 1.165) is 0 Å². The summed E-state index contributed by atoms with van der Waals surface area (Å²) in [5, 5.41) is 13.0. The van der Waals surface area contributed by atoms with Crippen LogP contribution in [0.25, 0.3) is 0 Å². The topological polar surface area (TPSA) is 69.2 Å². The highest BCUT2D eigenvalue weighted by Gasteiger charge is 2.37. The van der Waals surface area contributed by atoms with Crippen LogP contribution >= 0.6 is 0 Å². The number of carboxylic acids is 1. The molecule has 1 amide bonds. The molecule has 10 heteroatoms. The van der Waals surface area contributed by atoms with E-state index in [9.17, 15) is 41.0 Å². The van der Waals surface area contributed by atoms with Crippen LogP contribution in [0.2, 0.25) is 0 Å². The normalized spacial score (nSPS) is 20.7. The lowest BCUT2D eigenvalue weighted by Crippen LogP contribution is -2.41. The van der Waals surface area contributed by atoms with Gasteiger partial charge in [-0.3, -0.25) is 4.79 Å². The van der Waals surface area contributed by atoms with Crippen molar-refractivity contribution in [1.29, 1.82) is 0 Å². The summed E-state index contributed by atoms with van der Waals surface area (Å²) in [5.41, 5.74) is -3.88. The Labute approximate surface area is 143 Å². The Morgan fingerprint density at radius 3 is 1.77 bits per heavy atom. The van der Waals surface area contributed by atoms with Crippen molar-refractivity contribution >= 4 is 17.6 Å². The van der Waals surface area contributed by atoms with E-state index in [1.54, 1.807) is 0 Å². The molecule has 0 saturated carbocycles. The fraction of sp³-hybridized carbons (Fsp3) is 0.375.